The Morgan fingerprint density at radius 2 is 1.94 bits per heavy atom. The van der Waals surface area contributed by atoms with Gasteiger partial charge >= 0.3 is 0 Å². The van der Waals surface area contributed by atoms with E-state index in [1.807, 2.05) is 0 Å². The number of aromatic nitrogens is 2. The third kappa shape index (κ3) is 4.50. The molecule has 1 fully saturated rings. The van der Waals surface area contributed by atoms with E-state index in [0.717, 1.165) is 23.1 Å². The van der Waals surface area contributed by atoms with Crippen molar-refractivity contribution >= 4 is 62.9 Å². The molecular formula is C19H13Cl2N5O4S. The van der Waals surface area contributed by atoms with Crippen molar-refractivity contribution in [1.29, 1.82) is 0 Å². The van der Waals surface area contributed by atoms with Crippen LogP contribution < -0.4 is 10.2 Å². The number of carbonyl (C=O) groups excluding carboxylic acids is 2. The van der Waals surface area contributed by atoms with Crippen LogP contribution in [0.5, 0.6) is 0 Å². The highest BCUT2D eigenvalue weighted by atomic mass is 35.5. The summed E-state index contributed by atoms with van der Waals surface area (Å²) in [5, 5.41) is 23.0. The fourth-order valence-corrected chi connectivity index (χ4v) is 4.30. The Morgan fingerprint density at radius 3 is 2.65 bits per heavy atom. The maximum atomic E-state index is 12.4. The molecule has 1 aromatic heterocycles. The molecule has 1 aliphatic rings. The van der Waals surface area contributed by atoms with Gasteiger partial charge in [0.15, 0.2) is 0 Å². The van der Waals surface area contributed by atoms with Crippen LogP contribution in [-0.4, -0.2) is 33.5 Å². The fourth-order valence-electron chi connectivity index (χ4n) is 3.16. The quantitative estimate of drug-likeness (QED) is 0.425. The SMILES string of the molecule is O=C(Nc1nnc(C2CC(=O)N(c3ccc(Cl)cc3)C2)s1)c1ccc(Cl)c([N+](=O)[O-])c1. The van der Waals surface area contributed by atoms with Gasteiger partial charge in [0, 0.05) is 41.2 Å². The predicted octanol–water partition coefficient (Wildman–Crippen LogP) is 4.53. The smallest absolute Gasteiger partial charge is 0.288 e. The molecule has 158 valence electrons. The number of benzene rings is 2. The lowest BCUT2D eigenvalue weighted by atomic mass is 10.1. The minimum absolute atomic E-state index is 0.0402. The summed E-state index contributed by atoms with van der Waals surface area (Å²) in [6, 6.07) is 10.8. The van der Waals surface area contributed by atoms with Gasteiger partial charge in [0.05, 0.1) is 4.92 Å². The van der Waals surface area contributed by atoms with Crippen LogP contribution in [0.3, 0.4) is 0 Å². The Kier molecular flexibility index (Phi) is 5.86. The third-order valence-corrected chi connectivity index (χ3v) is 6.25. The molecule has 2 amide bonds. The molecule has 1 saturated heterocycles. The van der Waals surface area contributed by atoms with E-state index >= 15 is 0 Å². The molecule has 4 rings (SSSR count). The Morgan fingerprint density at radius 1 is 1.19 bits per heavy atom. The van der Waals surface area contributed by atoms with Gasteiger partial charge in [0.1, 0.15) is 10.0 Å². The summed E-state index contributed by atoms with van der Waals surface area (Å²) in [7, 11) is 0. The lowest BCUT2D eigenvalue weighted by Crippen LogP contribution is -2.24. The first-order valence-corrected chi connectivity index (χ1v) is 10.5. The molecule has 0 radical (unpaired) electrons. The number of hydrogen-bond donors (Lipinski definition) is 1. The molecule has 0 spiro atoms. The summed E-state index contributed by atoms with van der Waals surface area (Å²) in [5.74, 6) is -0.780. The first-order chi connectivity index (χ1) is 14.8. The van der Waals surface area contributed by atoms with Crippen molar-refractivity contribution in [2.24, 2.45) is 0 Å². The molecule has 0 saturated carbocycles. The number of halogens is 2. The van der Waals surface area contributed by atoms with Gasteiger partial charge in [-0.05, 0) is 36.4 Å². The minimum atomic E-state index is -0.661. The Hall–Kier alpha value is -3.08. The van der Waals surface area contributed by atoms with Gasteiger partial charge < -0.3 is 4.90 Å². The van der Waals surface area contributed by atoms with Crippen molar-refractivity contribution in [2.45, 2.75) is 12.3 Å². The number of amides is 2. The summed E-state index contributed by atoms with van der Waals surface area (Å²) in [4.78, 5) is 36.9. The van der Waals surface area contributed by atoms with E-state index in [9.17, 15) is 19.7 Å². The van der Waals surface area contributed by atoms with Gasteiger partial charge in [-0.2, -0.15) is 0 Å². The molecule has 1 N–H and O–H groups in total. The zero-order valence-electron chi connectivity index (χ0n) is 15.6. The van der Waals surface area contributed by atoms with Crippen molar-refractivity contribution < 1.29 is 14.5 Å². The lowest BCUT2D eigenvalue weighted by Gasteiger charge is -2.16. The van der Waals surface area contributed by atoms with E-state index in [0.29, 0.717) is 16.6 Å². The third-order valence-electron chi connectivity index (χ3n) is 4.68. The molecule has 3 aromatic rings. The van der Waals surface area contributed by atoms with Gasteiger partial charge in [-0.15, -0.1) is 10.2 Å². The molecule has 9 nitrogen and oxygen atoms in total. The summed E-state index contributed by atoms with van der Waals surface area (Å²) in [5.41, 5.74) is 0.455. The molecule has 1 unspecified atom stereocenters. The van der Waals surface area contributed by atoms with Crippen LogP contribution >= 0.6 is 34.5 Å². The van der Waals surface area contributed by atoms with E-state index in [2.05, 4.69) is 15.5 Å². The van der Waals surface area contributed by atoms with Crippen LogP contribution in [0.15, 0.2) is 42.5 Å². The number of nitro benzene ring substituents is 1. The van der Waals surface area contributed by atoms with Crippen LogP contribution in [0.1, 0.15) is 27.7 Å². The highest BCUT2D eigenvalue weighted by Crippen LogP contribution is 2.35. The predicted molar refractivity (Wildman–Crippen MR) is 117 cm³/mol. The highest BCUT2D eigenvalue weighted by molar-refractivity contribution is 7.15. The molecule has 1 atom stereocenters. The van der Waals surface area contributed by atoms with Crippen LogP contribution in [0, 0.1) is 10.1 Å². The number of rotatable bonds is 5. The van der Waals surface area contributed by atoms with Crippen molar-refractivity contribution in [3.05, 3.63) is 73.2 Å². The molecule has 1 aliphatic heterocycles. The number of nitrogens with zero attached hydrogens (tertiary/aromatic N) is 4. The van der Waals surface area contributed by atoms with Gasteiger partial charge in [-0.3, -0.25) is 25.0 Å². The van der Waals surface area contributed by atoms with E-state index in [1.165, 1.54) is 12.1 Å². The Bertz CT molecular complexity index is 1180. The monoisotopic (exact) mass is 477 g/mol. The molecule has 31 heavy (non-hydrogen) atoms. The highest BCUT2D eigenvalue weighted by Gasteiger charge is 2.34. The topological polar surface area (TPSA) is 118 Å². The largest absolute Gasteiger partial charge is 0.312 e. The van der Waals surface area contributed by atoms with E-state index in [4.69, 9.17) is 23.2 Å². The number of hydrogen-bond acceptors (Lipinski definition) is 7. The number of nitro groups is 1. The van der Waals surface area contributed by atoms with Crippen LogP contribution in [0.2, 0.25) is 10.0 Å². The van der Waals surface area contributed by atoms with Crippen LogP contribution in [-0.2, 0) is 4.79 Å². The summed E-state index contributed by atoms with van der Waals surface area (Å²) >= 11 is 12.8. The standard InChI is InChI=1S/C19H13Cl2N5O4S/c20-12-2-4-13(5-3-12)25-9-11(8-16(25)27)18-23-24-19(31-18)22-17(28)10-1-6-14(21)15(7-10)26(29)30/h1-7,11H,8-9H2,(H,22,24,28). The van der Waals surface area contributed by atoms with Gasteiger partial charge in [-0.25, -0.2) is 0 Å². The van der Waals surface area contributed by atoms with Gasteiger partial charge in [0.2, 0.25) is 11.0 Å². The summed E-state index contributed by atoms with van der Waals surface area (Å²) < 4.78 is 0. The Balaban J connectivity index is 1.46. The maximum Gasteiger partial charge on any atom is 0.288 e. The second kappa shape index (κ2) is 8.58. The molecule has 12 heteroatoms. The van der Waals surface area contributed by atoms with Crippen molar-refractivity contribution in [3.63, 3.8) is 0 Å². The van der Waals surface area contributed by atoms with Crippen LogP contribution in [0.4, 0.5) is 16.5 Å². The average molecular weight is 478 g/mol. The Labute approximate surface area is 189 Å². The average Bonchev–Trinajstić information content (AvgIpc) is 3.35. The van der Waals surface area contributed by atoms with E-state index < -0.39 is 10.8 Å². The normalized spacial score (nSPS) is 15.9. The maximum absolute atomic E-state index is 12.4. The summed E-state index contributed by atoms with van der Waals surface area (Å²) in [6.45, 7) is 0.437. The zero-order chi connectivity index (χ0) is 22.1. The van der Waals surface area contributed by atoms with E-state index in [-0.39, 0.29) is 39.7 Å². The molecular weight excluding hydrogens is 465 g/mol. The molecule has 2 heterocycles. The number of anilines is 2. The van der Waals surface area contributed by atoms with Gasteiger partial charge in [-0.1, -0.05) is 34.5 Å². The number of nitrogens with one attached hydrogen (secondary N) is 1. The minimum Gasteiger partial charge on any atom is -0.312 e. The lowest BCUT2D eigenvalue weighted by molar-refractivity contribution is -0.384. The second-order valence-corrected chi connectivity index (χ2v) is 8.56. The van der Waals surface area contributed by atoms with E-state index in [1.54, 1.807) is 29.2 Å². The first-order valence-electron chi connectivity index (χ1n) is 8.96. The second-order valence-electron chi connectivity index (χ2n) is 6.70. The summed E-state index contributed by atoms with van der Waals surface area (Å²) in [6.07, 6.45) is 0.272. The molecule has 0 bridgehead atoms. The van der Waals surface area contributed by atoms with Gasteiger partial charge in [0.25, 0.3) is 11.6 Å². The zero-order valence-corrected chi connectivity index (χ0v) is 17.9. The number of carbonyl (C=O) groups is 2. The van der Waals surface area contributed by atoms with Crippen LogP contribution in [0.25, 0.3) is 0 Å². The van der Waals surface area contributed by atoms with Crippen molar-refractivity contribution in [1.82, 2.24) is 10.2 Å². The van der Waals surface area contributed by atoms with Crippen molar-refractivity contribution in [2.75, 3.05) is 16.8 Å². The molecule has 2 aromatic carbocycles. The van der Waals surface area contributed by atoms with Crippen molar-refractivity contribution in [3.8, 4) is 0 Å². The molecule has 0 aliphatic carbocycles. The first kappa shape index (κ1) is 21.2. The fraction of sp³-hybridized carbons (Fsp3) is 0.158.